The summed E-state index contributed by atoms with van der Waals surface area (Å²) in [6.07, 6.45) is 5.07. The van der Waals surface area contributed by atoms with E-state index in [0.29, 0.717) is 11.8 Å². The number of nitrogens with zero attached hydrogens (tertiary/aromatic N) is 2. The highest BCUT2D eigenvalue weighted by atomic mass is 16.5. The van der Waals surface area contributed by atoms with Gasteiger partial charge < -0.3 is 9.84 Å². The number of piperidine rings is 2. The summed E-state index contributed by atoms with van der Waals surface area (Å²) in [5, 5.41) is 11.6. The molecule has 0 spiro atoms. The number of fused-ring (bicyclic) bond motifs is 5. The lowest BCUT2D eigenvalue weighted by molar-refractivity contribution is -0.191. The molecule has 29 heavy (non-hydrogen) atoms. The zero-order valence-electron chi connectivity index (χ0n) is 17.6. The van der Waals surface area contributed by atoms with Crippen LogP contribution in [0.15, 0.2) is 35.0 Å². The largest absolute Gasteiger partial charge is 0.504 e. The first-order valence-electron chi connectivity index (χ1n) is 10.3. The topological polar surface area (TPSA) is 79.2 Å². The number of rotatable bonds is 3. The Bertz CT molecular complexity index is 856. The van der Waals surface area contributed by atoms with Crippen LogP contribution in [0.25, 0.3) is 0 Å². The highest BCUT2D eigenvalue weighted by Crippen LogP contribution is 2.49. The highest BCUT2D eigenvalue weighted by molar-refractivity contribution is 6.04. The van der Waals surface area contributed by atoms with E-state index in [1.807, 2.05) is 18.4 Å². The molecule has 6 heteroatoms. The van der Waals surface area contributed by atoms with Crippen LogP contribution in [0.3, 0.4) is 0 Å². The highest BCUT2D eigenvalue weighted by Gasteiger charge is 2.52. The Morgan fingerprint density at radius 2 is 2.17 bits per heavy atom. The lowest BCUT2D eigenvalue weighted by Crippen LogP contribution is -2.60. The van der Waals surface area contributed by atoms with Gasteiger partial charge in [-0.1, -0.05) is 25.5 Å². The number of benzene rings is 1. The van der Waals surface area contributed by atoms with E-state index in [4.69, 9.17) is 19.3 Å². The second kappa shape index (κ2) is 8.62. The first-order chi connectivity index (χ1) is 13.9. The van der Waals surface area contributed by atoms with Crippen molar-refractivity contribution in [3.8, 4) is 0 Å². The van der Waals surface area contributed by atoms with Gasteiger partial charge in [0.25, 0.3) is 0 Å². The van der Waals surface area contributed by atoms with Gasteiger partial charge in [0, 0.05) is 18.7 Å². The molecule has 156 valence electrons. The fourth-order valence-corrected chi connectivity index (χ4v) is 5.46. The lowest BCUT2D eigenvalue weighted by atomic mass is 9.70. The van der Waals surface area contributed by atoms with E-state index in [9.17, 15) is 5.11 Å². The number of ether oxygens (including phenoxy) is 1. The van der Waals surface area contributed by atoms with Gasteiger partial charge in [-0.15, -0.1) is 0 Å². The summed E-state index contributed by atoms with van der Waals surface area (Å²) in [5.41, 5.74) is 4.53. The average molecular weight is 399 g/mol. The minimum atomic E-state index is -0.885. The molecule has 0 amide bonds. The molecule has 4 rings (SSSR count). The molecule has 0 saturated carbocycles. The minimum absolute atomic E-state index is 0.216. The van der Waals surface area contributed by atoms with Crippen LogP contribution in [-0.4, -0.2) is 48.1 Å². The first-order valence-corrected chi connectivity index (χ1v) is 10.3. The molecule has 0 unspecified atom stereocenters. The summed E-state index contributed by atoms with van der Waals surface area (Å²) < 4.78 is 5.30. The van der Waals surface area contributed by atoms with Crippen LogP contribution in [-0.2, 0) is 19.9 Å². The number of aryl methyl sites for hydroxylation is 1. The number of allylic oxidation sites excluding steroid dienone is 1. The second-order valence-corrected chi connectivity index (χ2v) is 8.28. The quantitative estimate of drug-likeness (QED) is 0.790. The van der Waals surface area contributed by atoms with Crippen LogP contribution in [0.2, 0.25) is 0 Å². The van der Waals surface area contributed by atoms with Crippen molar-refractivity contribution in [2.24, 2.45) is 16.8 Å². The molecule has 0 radical (unpaired) electrons. The van der Waals surface area contributed by atoms with Crippen LogP contribution in [0.4, 0.5) is 5.69 Å². The number of hydrogen-bond acceptors (Lipinski definition) is 6. The van der Waals surface area contributed by atoms with Gasteiger partial charge in [0.15, 0.2) is 0 Å². The monoisotopic (exact) mass is 398 g/mol. The van der Waals surface area contributed by atoms with Gasteiger partial charge in [0.05, 0.1) is 30.8 Å². The molecule has 4 atom stereocenters. The molecule has 3 aliphatic rings. The molecule has 2 fully saturated rings. The Hall–Kier alpha value is -2.27. The molecule has 0 aromatic heterocycles. The van der Waals surface area contributed by atoms with Crippen LogP contribution in [0.1, 0.15) is 44.2 Å². The van der Waals surface area contributed by atoms with Crippen LogP contribution < -0.4 is 0 Å². The number of methoxy groups -OCH3 is 1. The van der Waals surface area contributed by atoms with E-state index in [-0.39, 0.29) is 12.2 Å². The third kappa shape index (κ3) is 3.68. The molecule has 1 aromatic carbocycles. The Labute approximate surface area is 172 Å². The van der Waals surface area contributed by atoms with E-state index < -0.39 is 5.60 Å². The molecule has 6 nitrogen and oxygen atoms in total. The van der Waals surface area contributed by atoms with E-state index >= 15 is 0 Å². The van der Waals surface area contributed by atoms with Gasteiger partial charge in [0.1, 0.15) is 5.60 Å². The summed E-state index contributed by atoms with van der Waals surface area (Å²) >= 11 is 0. The Morgan fingerprint density at radius 3 is 2.83 bits per heavy atom. The minimum Gasteiger partial charge on any atom is -0.504 e. The standard InChI is InChI=1S/C22H30N2O2.CO2/c1-5-16-12-24-10-9-22(25)20-14(2)7-6-8-18(20)23-21(22)19(24)11-17(16)15(3)13-26-4;2-1-3/h6-8,13,16-17,19,25H,5,9-12H2,1-4H3;/b15-13+;/t16-,17-,19+,22+;/m1./s1. The molecule has 0 aliphatic carbocycles. The summed E-state index contributed by atoms with van der Waals surface area (Å²) in [6.45, 7) is 8.56. The van der Waals surface area contributed by atoms with Crippen molar-refractivity contribution >= 4 is 17.6 Å². The number of carbonyl (C=O) groups excluding carboxylic acids is 2. The van der Waals surface area contributed by atoms with Gasteiger partial charge in [0.2, 0.25) is 0 Å². The predicted molar refractivity (Wildman–Crippen MR) is 110 cm³/mol. The normalized spacial score (nSPS) is 30.7. The third-order valence-electron chi connectivity index (χ3n) is 6.77. The molecule has 3 aliphatic heterocycles. The molecule has 3 heterocycles. The second-order valence-electron chi connectivity index (χ2n) is 8.28. The average Bonchev–Trinajstić information content (AvgIpc) is 3.02. The van der Waals surface area contributed by atoms with Crippen molar-refractivity contribution in [1.82, 2.24) is 4.90 Å². The predicted octanol–water partition coefficient (Wildman–Crippen LogP) is 3.36. The van der Waals surface area contributed by atoms with E-state index in [1.165, 1.54) is 12.0 Å². The molecular formula is C23H30N2O4. The summed E-state index contributed by atoms with van der Waals surface area (Å²) in [5.74, 6) is 1.12. The fourth-order valence-electron chi connectivity index (χ4n) is 5.46. The van der Waals surface area contributed by atoms with Crippen molar-refractivity contribution in [1.29, 1.82) is 0 Å². The number of aliphatic hydroxyl groups is 1. The molecule has 1 aromatic rings. The maximum absolute atomic E-state index is 11.6. The maximum atomic E-state index is 11.6. The molecule has 1 N–H and O–H groups in total. The molecule has 2 saturated heterocycles. The van der Waals surface area contributed by atoms with Crippen molar-refractivity contribution < 1.29 is 19.4 Å². The Morgan fingerprint density at radius 1 is 1.45 bits per heavy atom. The first kappa shape index (κ1) is 21.4. The van der Waals surface area contributed by atoms with Crippen molar-refractivity contribution in [2.75, 3.05) is 20.2 Å². The van der Waals surface area contributed by atoms with Gasteiger partial charge in [-0.3, -0.25) is 9.89 Å². The Balaban J connectivity index is 0.000000755. The zero-order chi connectivity index (χ0) is 21.2. The maximum Gasteiger partial charge on any atom is 0.373 e. The number of aliphatic imine (C=N–C) groups is 1. The van der Waals surface area contributed by atoms with Crippen LogP contribution >= 0.6 is 0 Å². The Kier molecular flexibility index (Phi) is 6.37. The fraction of sp³-hybridized carbons (Fsp3) is 0.565. The summed E-state index contributed by atoms with van der Waals surface area (Å²) in [4.78, 5) is 23.8. The zero-order valence-corrected chi connectivity index (χ0v) is 17.6. The van der Waals surface area contributed by atoms with Crippen LogP contribution in [0, 0.1) is 18.8 Å². The van der Waals surface area contributed by atoms with E-state index in [1.54, 1.807) is 7.11 Å². The van der Waals surface area contributed by atoms with Gasteiger partial charge in [-0.05, 0) is 55.7 Å². The summed E-state index contributed by atoms with van der Waals surface area (Å²) in [7, 11) is 1.72. The number of hydrogen-bond donors (Lipinski definition) is 1. The van der Waals surface area contributed by atoms with Gasteiger partial charge in [-0.25, -0.2) is 0 Å². The summed E-state index contributed by atoms with van der Waals surface area (Å²) in [6, 6.07) is 6.39. The van der Waals surface area contributed by atoms with Crippen molar-refractivity contribution in [3.05, 3.63) is 41.2 Å². The smallest absolute Gasteiger partial charge is 0.373 e. The van der Waals surface area contributed by atoms with Crippen molar-refractivity contribution in [2.45, 2.75) is 51.7 Å². The van der Waals surface area contributed by atoms with Crippen molar-refractivity contribution in [3.63, 3.8) is 0 Å². The van der Waals surface area contributed by atoms with Crippen LogP contribution in [0.5, 0.6) is 0 Å². The molecular weight excluding hydrogens is 368 g/mol. The van der Waals surface area contributed by atoms with E-state index in [0.717, 1.165) is 48.5 Å². The van der Waals surface area contributed by atoms with E-state index in [2.05, 4.69) is 31.7 Å². The third-order valence-corrected chi connectivity index (χ3v) is 6.77. The SMILES string of the molecule is CC[C@@H]1CN2CC[C@@]3(O)C(=Nc4cccc(C)c43)[C@@H]2C[C@@H]1/C(C)=C/OC.O=C=O. The van der Waals surface area contributed by atoms with Gasteiger partial charge in [-0.2, -0.15) is 9.59 Å². The molecule has 0 bridgehead atoms. The lowest BCUT2D eigenvalue weighted by Gasteiger charge is -2.50. The van der Waals surface area contributed by atoms with Gasteiger partial charge >= 0.3 is 6.15 Å².